The zero-order chi connectivity index (χ0) is 10.8. The molecule has 14 heavy (non-hydrogen) atoms. The van der Waals surface area contributed by atoms with E-state index in [0.29, 0.717) is 12.8 Å². The molecule has 1 N–H and O–H groups in total. The van der Waals surface area contributed by atoms with Crippen LogP contribution in [-0.2, 0) is 9.53 Å². The van der Waals surface area contributed by atoms with E-state index in [1.165, 1.54) is 7.11 Å². The smallest absolute Gasteiger partial charge is 0.305 e. The molecular formula is C11H18O3. The topological polar surface area (TPSA) is 46.5 Å². The second kappa shape index (κ2) is 8.58. The summed E-state index contributed by atoms with van der Waals surface area (Å²) in [4.78, 5) is 10.7. The number of methoxy groups -OCH3 is 1. The van der Waals surface area contributed by atoms with E-state index in [9.17, 15) is 4.79 Å². The molecule has 0 radical (unpaired) electrons. The van der Waals surface area contributed by atoms with Gasteiger partial charge in [-0.3, -0.25) is 4.79 Å². The minimum absolute atomic E-state index is 0.159. The van der Waals surface area contributed by atoms with E-state index in [1.807, 2.05) is 0 Å². The van der Waals surface area contributed by atoms with E-state index < -0.39 is 6.10 Å². The lowest BCUT2D eigenvalue weighted by Crippen LogP contribution is -2.02. The highest BCUT2D eigenvalue weighted by atomic mass is 16.5. The van der Waals surface area contributed by atoms with Gasteiger partial charge in [-0.25, -0.2) is 0 Å². The molecule has 0 unspecified atom stereocenters. The van der Waals surface area contributed by atoms with Crippen LogP contribution in [0.3, 0.4) is 0 Å². The third-order valence-electron chi connectivity index (χ3n) is 2.03. The van der Waals surface area contributed by atoms with Crippen LogP contribution in [0.2, 0.25) is 0 Å². The van der Waals surface area contributed by atoms with Crippen LogP contribution in [0.1, 0.15) is 38.5 Å². The van der Waals surface area contributed by atoms with E-state index in [-0.39, 0.29) is 5.97 Å². The predicted octanol–water partition coefficient (Wildman–Crippen LogP) is 1.49. The van der Waals surface area contributed by atoms with Crippen molar-refractivity contribution in [2.24, 2.45) is 0 Å². The summed E-state index contributed by atoms with van der Waals surface area (Å²) < 4.78 is 4.51. The molecule has 0 aliphatic heterocycles. The summed E-state index contributed by atoms with van der Waals surface area (Å²) in [6.07, 6.45) is 9.25. The van der Waals surface area contributed by atoms with E-state index in [1.54, 1.807) is 0 Å². The van der Waals surface area contributed by atoms with Gasteiger partial charge in [-0.2, -0.15) is 0 Å². The largest absolute Gasteiger partial charge is 0.469 e. The molecular weight excluding hydrogens is 180 g/mol. The number of rotatable bonds is 7. The molecule has 1 atom stereocenters. The van der Waals surface area contributed by atoms with Crippen molar-refractivity contribution in [3.8, 4) is 12.3 Å². The number of hydrogen-bond donors (Lipinski definition) is 1. The number of aliphatic hydroxyl groups is 1. The fraction of sp³-hybridized carbons (Fsp3) is 0.727. The molecule has 3 heteroatoms. The van der Waals surface area contributed by atoms with Crippen LogP contribution < -0.4 is 0 Å². The molecule has 0 aromatic heterocycles. The Labute approximate surface area is 85.5 Å². The van der Waals surface area contributed by atoms with Gasteiger partial charge in [0.1, 0.15) is 6.10 Å². The van der Waals surface area contributed by atoms with E-state index in [0.717, 1.165) is 25.7 Å². The van der Waals surface area contributed by atoms with Crippen molar-refractivity contribution in [1.29, 1.82) is 0 Å². The Bertz CT molecular complexity index is 193. The second-order valence-corrected chi connectivity index (χ2v) is 3.21. The summed E-state index contributed by atoms with van der Waals surface area (Å²) in [5.41, 5.74) is 0. The van der Waals surface area contributed by atoms with E-state index in [4.69, 9.17) is 11.5 Å². The van der Waals surface area contributed by atoms with Gasteiger partial charge in [0.15, 0.2) is 0 Å². The molecule has 0 aromatic carbocycles. The Kier molecular flexibility index (Phi) is 7.96. The Morgan fingerprint density at radius 1 is 1.43 bits per heavy atom. The molecule has 3 nitrogen and oxygen atoms in total. The van der Waals surface area contributed by atoms with Crippen molar-refractivity contribution >= 4 is 5.97 Å². The van der Waals surface area contributed by atoms with Crippen LogP contribution in [0.15, 0.2) is 0 Å². The van der Waals surface area contributed by atoms with Crippen molar-refractivity contribution in [3.05, 3.63) is 0 Å². The molecule has 0 fully saturated rings. The monoisotopic (exact) mass is 198 g/mol. The highest BCUT2D eigenvalue weighted by Crippen LogP contribution is 2.07. The molecule has 0 aliphatic carbocycles. The third kappa shape index (κ3) is 7.63. The molecule has 80 valence electrons. The summed E-state index contributed by atoms with van der Waals surface area (Å²) in [7, 11) is 1.39. The lowest BCUT2D eigenvalue weighted by Gasteiger charge is -2.02. The first kappa shape index (κ1) is 13.0. The van der Waals surface area contributed by atoms with Gasteiger partial charge in [0.2, 0.25) is 0 Å². The van der Waals surface area contributed by atoms with E-state index >= 15 is 0 Å². The first-order chi connectivity index (χ1) is 6.70. The van der Waals surface area contributed by atoms with E-state index in [2.05, 4.69) is 10.7 Å². The fourth-order valence-corrected chi connectivity index (χ4v) is 1.15. The zero-order valence-electron chi connectivity index (χ0n) is 8.66. The van der Waals surface area contributed by atoms with Crippen LogP contribution >= 0.6 is 0 Å². The number of carbonyl (C=O) groups is 1. The minimum atomic E-state index is -0.615. The number of hydrogen-bond acceptors (Lipinski definition) is 3. The maximum absolute atomic E-state index is 10.7. The normalized spacial score (nSPS) is 11.8. The van der Waals surface area contributed by atoms with Crippen molar-refractivity contribution in [2.45, 2.75) is 44.6 Å². The zero-order valence-corrected chi connectivity index (χ0v) is 8.66. The number of aliphatic hydroxyl groups excluding tert-OH is 1. The molecule has 0 spiro atoms. The number of ether oxygens (including phenoxy) is 1. The quantitative estimate of drug-likeness (QED) is 0.383. The molecule has 0 heterocycles. The molecule has 0 saturated heterocycles. The summed E-state index contributed by atoms with van der Waals surface area (Å²) in [5.74, 6) is 2.11. The summed E-state index contributed by atoms with van der Waals surface area (Å²) in [5, 5.41) is 9.03. The molecule has 0 saturated carbocycles. The Hall–Kier alpha value is -1.01. The van der Waals surface area contributed by atoms with Crippen LogP contribution in [-0.4, -0.2) is 24.3 Å². The lowest BCUT2D eigenvalue weighted by atomic mass is 10.1. The number of unbranched alkanes of at least 4 members (excludes halogenated alkanes) is 3. The molecule has 0 rings (SSSR count). The molecule has 0 aliphatic rings. The van der Waals surface area contributed by atoms with Crippen molar-refractivity contribution in [2.75, 3.05) is 7.11 Å². The van der Waals surface area contributed by atoms with Crippen LogP contribution in [0.25, 0.3) is 0 Å². The highest BCUT2D eigenvalue weighted by molar-refractivity contribution is 5.68. The SMILES string of the molecule is C#C[C@H](O)CCCCCCC(=O)OC. The Morgan fingerprint density at radius 2 is 2.07 bits per heavy atom. The average molecular weight is 198 g/mol. The van der Waals surface area contributed by atoms with Gasteiger partial charge in [-0.15, -0.1) is 6.42 Å². The minimum Gasteiger partial charge on any atom is -0.469 e. The Morgan fingerprint density at radius 3 is 2.64 bits per heavy atom. The number of carbonyl (C=O) groups excluding carboxylic acids is 1. The fourth-order valence-electron chi connectivity index (χ4n) is 1.15. The van der Waals surface area contributed by atoms with Gasteiger partial charge < -0.3 is 9.84 Å². The molecule has 0 aromatic rings. The predicted molar refractivity (Wildman–Crippen MR) is 54.6 cm³/mol. The third-order valence-corrected chi connectivity index (χ3v) is 2.03. The van der Waals surface area contributed by atoms with Gasteiger partial charge >= 0.3 is 5.97 Å². The van der Waals surface area contributed by atoms with Gasteiger partial charge in [-0.1, -0.05) is 18.8 Å². The summed E-state index contributed by atoms with van der Waals surface area (Å²) in [6.45, 7) is 0. The van der Waals surface area contributed by atoms with Gasteiger partial charge in [0.25, 0.3) is 0 Å². The van der Waals surface area contributed by atoms with Crippen molar-refractivity contribution in [1.82, 2.24) is 0 Å². The number of esters is 1. The first-order valence-electron chi connectivity index (χ1n) is 4.91. The highest BCUT2D eigenvalue weighted by Gasteiger charge is 2.00. The van der Waals surface area contributed by atoms with Gasteiger partial charge in [-0.05, 0) is 19.3 Å². The standard InChI is InChI=1S/C11H18O3/c1-3-10(12)8-6-4-5-7-9-11(13)14-2/h1,10,12H,4-9H2,2H3/t10-/m0/s1. The lowest BCUT2D eigenvalue weighted by molar-refractivity contribution is -0.140. The van der Waals surface area contributed by atoms with Crippen LogP contribution in [0, 0.1) is 12.3 Å². The number of terminal acetylenes is 1. The molecule has 0 amide bonds. The molecule has 0 bridgehead atoms. The van der Waals surface area contributed by atoms with Crippen molar-refractivity contribution < 1.29 is 14.6 Å². The second-order valence-electron chi connectivity index (χ2n) is 3.21. The maximum atomic E-state index is 10.7. The average Bonchev–Trinajstić information content (AvgIpc) is 2.22. The maximum Gasteiger partial charge on any atom is 0.305 e. The van der Waals surface area contributed by atoms with Crippen LogP contribution in [0.4, 0.5) is 0 Å². The Balaban J connectivity index is 3.15. The van der Waals surface area contributed by atoms with Crippen LogP contribution in [0.5, 0.6) is 0 Å². The first-order valence-corrected chi connectivity index (χ1v) is 4.91. The summed E-state index contributed by atoms with van der Waals surface area (Å²) in [6, 6.07) is 0. The summed E-state index contributed by atoms with van der Waals surface area (Å²) >= 11 is 0. The van der Waals surface area contributed by atoms with Gasteiger partial charge in [0, 0.05) is 6.42 Å². The van der Waals surface area contributed by atoms with Gasteiger partial charge in [0.05, 0.1) is 7.11 Å². The van der Waals surface area contributed by atoms with Crippen molar-refractivity contribution in [3.63, 3.8) is 0 Å².